The summed E-state index contributed by atoms with van der Waals surface area (Å²) in [6.07, 6.45) is 0. The Morgan fingerprint density at radius 1 is 1.40 bits per heavy atom. The van der Waals surface area contributed by atoms with Gasteiger partial charge in [-0.1, -0.05) is 0 Å². The Bertz CT molecular complexity index is 11.6. The summed E-state index contributed by atoms with van der Waals surface area (Å²) in [6, 6.07) is 0. The normalized spacial score (nSPS) is 5.20. The predicted octanol–water partition coefficient (Wildman–Crippen LogP) is 1.98. The van der Waals surface area contributed by atoms with E-state index in [9.17, 15) is 0 Å². The molecule has 0 fully saturated rings. The summed E-state index contributed by atoms with van der Waals surface area (Å²) in [4.78, 5) is 0. The van der Waals surface area contributed by atoms with Crippen molar-refractivity contribution in [2.24, 2.45) is 0 Å². The van der Waals surface area contributed by atoms with Crippen molar-refractivity contribution in [2.75, 3.05) is 0 Å². The quantitative estimate of drug-likeness (QED) is 0.599. The topological polar surface area (TPSA) is 0 Å². The first-order valence-electron chi connectivity index (χ1n) is 0.647. The number of hydrogen-bond donors (Lipinski definition) is 0. The predicted molar refractivity (Wildman–Crippen MR) is 21.6 cm³/mol. The van der Waals surface area contributed by atoms with Gasteiger partial charge >= 0.3 is 35.3 Å². The second-order valence-corrected chi connectivity index (χ2v) is 3.33. The maximum atomic E-state index is 4.88. The van der Waals surface area contributed by atoms with E-state index in [4.69, 9.17) is 18.8 Å². The zero-order valence-corrected chi connectivity index (χ0v) is 6.14. The molecule has 0 atom stereocenters. The second-order valence-electron chi connectivity index (χ2n) is 0.0452. The van der Waals surface area contributed by atoms with E-state index in [1.165, 1.54) is 0 Å². The zero-order valence-electron chi connectivity index (χ0n) is 2.36. The molecule has 0 rings (SSSR count). The summed E-state index contributed by atoms with van der Waals surface area (Å²) in [5, 5.41) is 0. The Hall–Kier alpha value is 1.01. The molecule has 0 aromatic heterocycles. The van der Waals surface area contributed by atoms with Gasteiger partial charge in [-0.15, -0.1) is 0 Å². The van der Waals surface area contributed by atoms with Gasteiger partial charge in [0.2, 0.25) is 0 Å². The Kier molecular flexibility index (Phi) is 37.4. The van der Waals surface area contributed by atoms with Gasteiger partial charge in [-0.05, 0) is 0 Å². The van der Waals surface area contributed by atoms with Crippen molar-refractivity contribution in [3.8, 4) is 0 Å². The van der Waals surface area contributed by atoms with Gasteiger partial charge in [0.15, 0.2) is 0 Å². The molecule has 0 N–H and O–H groups in total. The van der Waals surface area contributed by atoms with Gasteiger partial charge in [-0.2, -0.15) is 0 Å². The van der Waals surface area contributed by atoms with Crippen LogP contribution < -0.4 is 0 Å². The molecule has 0 amide bonds. The Morgan fingerprint density at radius 2 is 1.40 bits per heavy atom. The number of hydrogen-bond acceptors (Lipinski definition) is 0. The van der Waals surface area contributed by atoms with Gasteiger partial charge in [0, 0.05) is 0 Å². The molecule has 0 aliphatic rings. The van der Waals surface area contributed by atoms with Gasteiger partial charge in [0.25, 0.3) is 0 Å². The zero-order chi connectivity index (χ0) is 4.71. The van der Waals surface area contributed by atoms with Gasteiger partial charge in [-0.3, -0.25) is 6.58 Å². The Labute approximate surface area is 48.5 Å². The van der Waals surface area contributed by atoms with Crippen molar-refractivity contribution >= 4 is 18.8 Å². The fourth-order valence-corrected chi connectivity index (χ4v) is 0. The molecule has 0 saturated carbocycles. The number of halogens is 2. The van der Waals surface area contributed by atoms with Crippen LogP contribution in [0.25, 0.3) is 0 Å². The van der Waals surface area contributed by atoms with E-state index in [0.29, 0.717) is 0 Å². The van der Waals surface area contributed by atoms with Crippen molar-refractivity contribution in [2.45, 2.75) is 0 Å². The van der Waals surface area contributed by atoms with Crippen LogP contribution >= 0.6 is 18.8 Å². The molecule has 0 unspecified atom stereocenters. The average molecular weight is 293 g/mol. The first-order chi connectivity index (χ1) is 2.41. The van der Waals surface area contributed by atoms with E-state index in [-0.39, 0.29) is 0 Å². The van der Waals surface area contributed by atoms with Crippen molar-refractivity contribution in [1.82, 2.24) is 0 Å². The second kappa shape index (κ2) is 20.0. The minimum atomic E-state index is -0.472. The fraction of sp³-hybridized carbons (Fsp3) is 0. The van der Waals surface area contributed by atoms with Crippen molar-refractivity contribution < 1.29 is 16.5 Å². The molecular formula is C2H3Cl2Pt-. The van der Waals surface area contributed by atoms with Gasteiger partial charge < -0.3 is 6.58 Å². The van der Waals surface area contributed by atoms with E-state index >= 15 is 0 Å². The average Bonchev–Trinajstić information content (AvgIpc) is 1.46. The van der Waals surface area contributed by atoms with Gasteiger partial charge in [0.1, 0.15) is 0 Å². The first kappa shape index (κ1) is 9.38. The molecule has 0 aromatic carbocycles. The van der Waals surface area contributed by atoms with Gasteiger partial charge in [0.05, 0.1) is 0 Å². The van der Waals surface area contributed by atoms with E-state index in [1.807, 2.05) is 0 Å². The summed E-state index contributed by atoms with van der Waals surface area (Å²) in [5.41, 5.74) is 0. The standard InChI is InChI=1S/C2H3.2ClH.Pt/c1-2;;;/h1H,2H2;2*1H;/q-1;;;+2/p-2. The molecule has 0 radical (unpaired) electrons. The number of rotatable bonds is 0. The molecule has 36 valence electrons. The molecule has 0 aromatic rings. The van der Waals surface area contributed by atoms with E-state index in [1.54, 1.807) is 0 Å². The van der Waals surface area contributed by atoms with E-state index in [0.717, 1.165) is 0 Å². The molecule has 0 heterocycles. The molecule has 0 spiro atoms. The molecular weight excluding hydrogens is 290 g/mol. The Morgan fingerprint density at radius 3 is 1.40 bits per heavy atom. The molecule has 5 heavy (non-hydrogen) atoms. The van der Waals surface area contributed by atoms with Crippen LogP contribution in [0, 0.1) is 6.58 Å². The van der Waals surface area contributed by atoms with Crippen LogP contribution in [0.4, 0.5) is 0 Å². The van der Waals surface area contributed by atoms with Crippen molar-refractivity contribution in [3.05, 3.63) is 13.2 Å². The third kappa shape index (κ3) is 44.6. The summed E-state index contributed by atoms with van der Waals surface area (Å²) in [6.45, 7) is 7.00. The third-order valence-corrected chi connectivity index (χ3v) is 0. The van der Waals surface area contributed by atoms with E-state index in [2.05, 4.69) is 13.2 Å². The van der Waals surface area contributed by atoms with Crippen molar-refractivity contribution in [1.29, 1.82) is 0 Å². The molecule has 3 heteroatoms. The van der Waals surface area contributed by atoms with Crippen LogP contribution in [0.3, 0.4) is 0 Å². The minimum absolute atomic E-state index is 0.472. The summed E-state index contributed by atoms with van der Waals surface area (Å²) < 4.78 is 0. The molecule has 0 aliphatic heterocycles. The van der Waals surface area contributed by atoms with Crippen molar-refractivity contribution in [3.63, 3.8) is 0 Å². The maximum absolute atomic E-state index is 4.88. The molecule has 0 saturated heterocycles. The van der Waals surface area contributed by atoms with Crippen LogP contribution in [0.1, 0.15) is 0 Å². The summed E-state index contributed by atoms with van der Waals surface area (Å²) in [5.74, 6) is 0. The fourth-order valence-electron chi connectivity index (χ4n) is 0. The van der Waals surface area contributed by atoms with Crippen LogP contribution in [-0.2, 0) is 16.5 Å². The molecule has 0 aliphatic carbocycles. The monoisotopic (exact) mass is 292 g/mol. The Balaban J connectivity index is 0. The summed E-state index contributed by atoms with van der Waals surface area (Å²) >= 11 is -0.472. The van der Waals surface area contributed by atoms with Gasteiger partial charge in [-0.25, -0.2) is 0 Å². The SMILES string of the molecule is [CH-]=C.[Cl][Pt][Cl]. The van der Waals surface area contributed by atoms with Crippen LogP contribution in [-0.4, -0.2) is 0 Å². The van der Waals surface area contributed by atoms with E-state index < -0.39 is 16.5 Å². The molecule has 0 bridgehead atoms. The third-order valence-electron chi connectivity index (χ3n) is 0. The van der Waals surface area contributed by atoms with Crippen LogP contribution in [0.15, 0.2) is 6.58 Å². The first-order valence-corrected chi connectivity index (χ1v) is 6.28. The summed E-state index contributed by atoms with van der Waals surface area (Å²) in [7, 11) is 9.75. The van der Waals surface area contributed by atoms with Crippen LogP contribution in [0.2, 0.25) is 0 Å². The molecule has 0 nitrogen and oxygen atoms in total. The van der Waals surface area contributed by atoms with Crippen LogP contribution in [0.5, 0.6) is 0 Å².